The fourth-order valence-corrected chi connectivity index (χ4v) is 2.21. The Morgan fingerprint density at radius 2 is 1.90 bits per heavy atom. The van der Waals surface area contributed by atoms with Crippen LogP contribution in [0.15, 0.2) is 0 Å². The summed E-state index contributed by atoms with van der Waals surface area (Å²) in [5, 5.41) is 6.33. The lowest BCUT2D eigenvalue weighted by molar-refractivity contribution is -0.142. The van der Waals surface area contributed by atoms with E-state index in [0.29, 0.717) is 11.7 Å². The molecule has 0 aliphatic heterocycles. The Hall–Kier alpha value is -1.85. The monoisotopic (exact) mass is 292 g/mol. The molecule has 1 aromatic rings. The largest absolute Gasteiger partial charge is 0.467 e. The molecule has 1 fully saturated rings. The van der Waals surface area contributed by atoms with Crippen molar-refractivity contribution in [1.29, 1.82) is 0 Å². The van der Waals surface area contributed by atoms with Crippen LogP contribution >= 0.6 is 0 Å². The summed E-state index contributed by atoms with van der Waals surface area (Å²) in [5.74, 6) is 2.65. The Kier molecular flexibility index (Phi) is 4.65. The maximum Gasteiger partial charge on any atom is 0.328 e. The zero-order chi connectivity index (χ0) is 15.6. The molecule has 1 saturated carbocycles. The first kappa shape index (κ1) is 15.5. The number of hydrogen-bond donors (Lipinski definition) is 2. The van der Waals surface area contributed by atoms with Crippen LogP contribution in [0.5, 0.6) is 0 Å². The maximum absolute atomic E-state index is 11.9. The number of methoxy groups -OCH3 is 1. The maximum atomic E-state index is 11.9. The van der Waals surface area contributed by atoms with Crippen LogP contribution in [0.2, 0.25) is 0 Å². The minimum absolute atomic E-state index is 0.106. The van der Waals surface area contributed by atoms with Crippen LogP contribution in [0.25, 0.3) is 0 Å². The number of ether oxygens (including phenoxy) is 1. The number of carbonyl (C=O) groups excluding carboxylic acids is 1. The van der Waals surface area contributed by atoms with Crippen LogP contribution in [-0.4, -0.2) is 36.1 Å². The summed E-state index contributed by atoms with van der Waals surface area (Å²) in [6, 6.07) is -0.416. The van der Waals surface area contributed by atoms with Gasteiger partial charge in [-0.15, -0.1) is 0 Å². The summed E-state index contributed by atoms with van der Waals surface area (Å²) in [6.07, 6.45) is 2.27. The first-order valence-electron chi connectivity index (χ1n) is 7.38. The van der Waals surface area contributed by atoms with Gasteiger partial charge in [-0.25, -0.2) is 14.8 Å². The smallest absolute Gasteiger partial charge is 0.328 e. The molecule has 1 aliphatic carbocycles. The summed E-state index contributed by atoms with van der Waals surface area (Å²) in [4.78, 5) is 21.1. The highest BCUT2D eigenvalue weighted by atomic mass is 16.5. The van der Waals surface area contributed by atoms with E-state index in [1.54, 1.807) is 0 Å². The zero-order valence-corrected chi connectivity index (χ0v) is 13.4. The van der Waals surface area contributed by atoms with Crippen molar-refractivity contribution in [3.05, 3.63) is 11.4 Å². The average Bonchev–Trinajstić information content (AvgIpc) is 3.29. The lowest BCUT2D eigenvalue weighted by Crippen LogP contribution is -2.36. The number of carbonyl (C=O) groups is 1. The highest BCUT2D eigenvalue weighted by Gasteiger charge is 2.30. The Morgan fingerprint density at radius 1 is 1.29 bits per heavy atom. The number of esters is 1. The van der Waals surface area contributed by atoms with E-state index in [9.17, 15) is 4.79 Å². The van der Waals surface area contributed by atoms with Crippen molar-refractivity contribution < 1.29 is 9.53 Å². The lowest BCUT2D eigenvalue weighted by Gasteiger charge is -2.22. The molecule has 0 aromatic carbocycles. The molecule has 1 unspecified atom stereocenters. The van der Waals surface area contributed by atoms with E-state index in [2.05, 4.69) is 20.6 Å². The summed E-state index contributed by atoms with van der Waals surface area (Å²) in [5.41, 5.74) is 0.913. The third-order valence-electron chi connectivity index (χ3n) is 3.76. The van der Waals surface area contributed by atoms with Crippen LogP contribution < -0.4 is 10.6 Å². The fraction of sp³-hybridized carbons (Fsp3) is 0.667. The standard InChI is InChI=1S/C15H24N4O2/c1-8(2)11(15(20)21-5)17-13-9(3)12(16-4)18-14(19-13)10-6-7-10/h8,10-11H,6-7H2,1-5H3,(H2,16,17,18,19). The van der Waals surface area contributed by atoms with Crippen molar-refractivity contribution in [1.82, 2.24) is 9.97 Å². The molecule has 2 rings (SSSR count). The van der Waals surface area contributed by atoms with Gasteiger partial charge in [-0.3, -0.25) is 0 Å². The molecule has 2 N–H and O–H groups in total. The molecular formula is C15H24N4O2. The molecule has 0 saturated heterocycles. The van der Waals surface area contributed by atoms with Crippen LogP contribution in [0, 0.1) is 12.8 Å². The van der Waals surface area contributed by atoms with Gasteiger partial charge in [-0.05, 0) is 25.7 Å². The molecule has 116 valence electrons. The van der Waals surface area contributed by atoms with E-state index in [1.807, 2.05) is 27.8 Å². The highest BCUT2D eigenvalue weighted by Crippen LogP contribution is 2.39. The molecule has 0 spiro atoms. The van der Waals surface area contributed by atoms with Gasteiger partial charge < -0.3 is 15.4 Å². The van der Waals surface area contributed by atoms with E-state index < -0.39 is 6.04 Å². The van der Waals surface area contributed by atoms with Gasteiger partial charge in [0, 0.05) is 18.5 Å². The van der Waals surface area contributed by atoms with Crippen molar-refractivity contribution in [3.8, 4) is 0 Å². The van der Waals surface area contributed by atoms with E-state index in [-0.39, 0.29) is 11.9 Å². The van der Waals surface area contributed by atoms with E-state index in [1.165, 1.54) is 7.11 Å². The topological polar surface area (TPSA) is 76.1 Å². The van der Waals surface area contributed by atoms with E-state index in [4.69, 9.17) is 4.74 Å². The number of rotatable bonds is 6. The third kappa shape index (κ3) is 3.43. The van der Waals surface area contributed by atoms with Crippen molar-refractivity contribution in [2.45, 2.75) is 45.6 Å². The van der Waals surface area contributed by atoms with Gasteiger partial charge in [0.05, 0.1) is 7.11 Å². The molecule has 21 heavy (non-hydrogen) atoms. The SMILES string of the molecule is CNc1nc(C2CC2)nc(NC(C(=O)OC)C(C)C)c1C. The van der Waals surface area contributed by atoms with Gasteiger partial charge in [0.15, 0.2) is 0 Å². The third-order valence-corrected chi connectivity index (χ3v) is 3.76. The minimum Gasteiger partial charge on any atom is -0.467 e. The Balaban J connectivity index is 2.32. The quantitative estimate of drug-likeness (QED) is 0.784. The second-order valence-corrected chi connectivity index (χ2v) is 5.82. The van der Waals surface area contributed by atoms with Crippen LogP contribution in [-0.2, 0) is 9.53 Å². The minimum atomic E-state index is -0.416. The predicted molar refractivity (Wildman–Crippen MR) is 82.6 cm³/mol. The van der Waals surface area contributed by atoms with E-state index >= 15 is 0 Å². The predicted octanol–water partition coefficient (Wildman–Crippen LogP) is 2.31. The Labute approximate surface area is 125 Å². The number of nitrogens with one attached hydrogen (secondary N) is 2. The van der Waals surface area contributed by atoms with Crippen LogP contribution in [0.1, 0.15) is 44.0 Å². The number of hydrogen-bond acceptors (Lipinski definition) is 6. The Morgan fingerprint density at radius 3 is 2.38 bits per heavy atom. The molecule has 0 amide bonds. The molecule has 6 nitrogen and oxygen atoms in total. The summed E-state index contributed by atoms with van der Waals surface area (Å²) < 4.78 is 4.87. The van der Waals surface area contributed by atoms with Gasteiger partial charge in [-0.2, -0.15) is 0 Å². The van der Waals surface area contributed by atoms with Crippen molar-refractivity contribution in [2.75, 3.05) is 24.8 Å². The van der Waals surface area contributed by atoms with Gasteiger partial charge in [-0.1, -0.05) is 13.8 Å². The second kappa shape index (κ2) is 6.28. The summed E-state index contributed by atoms with van der Waals surface area (Å²) in [6.45, 7) is 5.90. The summed E-state index contributed by atoms with van der Waals surface area (Å²) in [7, 11) is 3.25. The van der Waals surface area contributed by atoms with Gasteiger partial charge in [0.2, 0.25) is 0 Å². The van der Waals surface area contributed by atoms with Gasteiger partial charge in [0.25, 0.3) is 0 Å². The molecule has 1 aromatic heterocycles. The zero-order valence-electron chi connectivity index (χ0n) is 13.4. The Bertz CT molecular complexity index is 527. The highest BCUT2D eigenvalue weighted by molar-refractivity contribution is 5.79. The number of nitrogens with zero attached hydrogens (tertiary/aromatic N) is 2. The molecule has 6 heteroatoms. The number of anilines is 2. The molecule has 1 atom stereocenters. The second-order valence-electron chi connectivity index (χ2n) is 5.82. The molecular weight excluding hydrogens is 268 g/mol. The van der Waals surface area contributed by atoms with Gasteiger partial charge in [0.1, 0.15) is 23.5 Å². The molecule has 0 radical (unpaired) electrons. The van der Waals surface area contributed by atoms with Crippen LogP contribution in [0.3, 0.4) is 0 Å². The normalized spacial score (nSPS) is 15.7. The van der Waals surface area contributed by atoms with Crippen molar-refractivity contribution >= 4 is 17.6 Å². The number of aromatic nitrogens is 2. The van der Waals surface area contributed by atoms with E-state index in [0.717, 1.165) is 30.0 Å². The molecule has 1 aliphatic rings. The summed E-state index contributed by atoms with van der Waals surface area (Å²) >= 11 is 0. The van der Waals surface area contributed by atoms with Crippen molar-refractivity contribution in [3.63, 3.8) is 0 Å². The van der Waals surface area contributed by atoms with Gasteiger partial charge >= 0.3 is 5.97 Å². The molecule has 0 bridgehead atoms. The lowest BCUT2D eigenvalue weighted by atomic mass is 10.0. The van der Waals surface area contributed by atoms with Crippen LogP contribution in [0.4, 0.5) is 11.6 Å². The first-order valence-corrected chi connectivity index (χ1v) is 7.38. The fourth-order valence-electron chi connectivity index (χ4n) is 2.21. The average molecular weight is 292 g/mol. The first-order chi connectivity index (χ1) is 9.97. The van der Waals surface area contributed by atoms with Crippen molar-refractivity contribution in [2.24, 2.45) is 5.92 Å². The molecule has 1 heterocycles.